The number of H-pyrrole nitrogens is 1. The summed E-state index contributed by atoms with van der Waals surface area (Å²) in [4.78, 5) is 21.4. The summed E-state index contributed by atoms with van der Waals surface area (Å²) in [6, 6.07) is 7.36. The SMILES string of the molecule is Cc1ccc(C(=O)c2cc(-c3c(C)noc3C)cc3[nH]c(C4CC4)nc23)nn1. The minimum Gasteiger partial charge on any atom is -0.361 e. The Bertz CT molecular complexity index is 1200. The van der Waals surface area contributed by atoms with Gasteiger partial charge < -0.3 is 9.51 Å². The number of carbonyl (C=O) groups excluding carboxylic acids is 1. The molecule has 1 aliphatic carbocycles. The van der Waals surface area contributed by atoms with Crippen LogP contribution in [-0.4, -0.2) is 31.1 Å². The molecule has 1 N–H and O–H groups in total. The van der Waals surface area contributed by atoms with E-state index < -0.39 is 0 Å². The minimum atomic E-state index is -0.194. The second-order valence-electron chi connectivity index (χ2n) is 7.40. The third kappa shape index (κ3) is 2.70. The molecule has 0 saturated heterocycles. The summed E-state index contributed by atoms with van der Waals surface area (Å²) in [7, 11) is 0. The monoisotopic (exact) mass is 373 g/mol. The Morgan fingerprint density at radius 1 is 1.14 bits per heavy atom. The summed E-state index contributed by atoms with van der Waals surface area (Å²) in [5.41, 5.74) is 5.64. The van der Waals surface area contributed by atoms with Crippen LogP contribution < -0.4 is 0 Å². The highest BCUT2D eigenvalue weighted by molar-refractivity contribution is 6.15. The zero-order valence-electron chi connectivity index (χ0n) is 15.9. The van der Waals surface area contributed by atoms with Gasteiger partial charge in [-0.15, -0.1) is 5.10 Å². The molecule has 0 bridgehead atoms. The van der Waals surface area contributed by atoms with Crippen LogP contribution in [0.3, 0.4) is 0 Å². The first-order chi connectivity index (χ1) is 13.5. The first kappa shape index (κ1) is 16.8. The lowest BCUT2D eigenvalue weighted by molar-refractivity contribution is 0.103. The third-order valence-corrected chi connectivity index (χ3v) is 5.17. The average Bonchev–Trinajstić information content (AvgIpc) is 3.36. The third-order valence-electron chi connectivity index (χ3n) is 5.17. The molecule has 7 nitrogen and oxygen atoms in total. The number of nitrogens with zero attached hydrogens (tertiary/aromatic N) is 4. The Kier molecular flexibility index (Phi) is 3.65. The fraction of sp³-hybridized carbons (Fsp3) is 0.286. The Balaban J connectivity index is 1.73. The van der Waals surface area contributed by atoms with Gasteiger partial charge in [0.05, 0.1) is 28.0 Å². The molecule has 0 radical (unpaired) electrons. The number of imidazole rings is 1. The van der Waals surface area contributed by atoms with Gasteiger partial charge in [0.25, 0.3) is 0 Å². The smallest absolute Gasteiger partial charge is 0.215 e. The number of fused-ring (bicyclic) bond motifs is 1. The number of benzene rings is 1. The van der Waals surface area contributed by atoms with E-state index in [0.29, 0.717) is 28.5 Å². The van der Waals surface area contributed by atoms with Crippen molar-refractivity contribution in [2.45, 2.75) is 39.5 Å². The van der Waals surface area contributed by atoms with Crippen molar-refractivity contribution in [3.05, 3.63) is 58.5 Å². The maximum Gasteiger partial charge on any atom is 0.215 e. The number of aromatic amines is 1. The number of nitrogens with one attached hydrogen (secondary N) is 1. The van der Waals surface area contributed by atoms with Crippen molar-refractivity contribution in [3.63, 3.8) is 0 Å². The molecule has 1 fully saturated rings. The van der Waals surface area contributed by atoms with Crippen LogP contribution in [0.4, 0.5) is 0 Å². The topological polar surface area (TPSA) is 97.6 Å². The molecule has 5 rings (SSSR count). The lowest BCUT2D eigenvalue weighted by Gasteiger charge is -2.06. The van der Waals surface area contributed by atoms with Crippen molar-refractivity contribution in [2.24, 2.45) is 0 Å². The Hall–Kier alpha value is -3.35. The van der Waals surface area contributed by atoms with Crippen molar-refractivity contribution in [1.29, 1.82) is 0 Å². The van der Waals surface area contributed by atoms with Gasteiger partial charge in [0.1, 0.15) is 17.3 Å². The van der Waals surface area contributed by atoms with E-state index in [9.17, 15) is 4.79 Å². The van der Waals surface area contributed by atoms with E-state index in [0.717, 1.165) is 46.7 Å². The van der Waals surface area contributed by atoms with Crippen molar-refractivity contribution in [1.82, 2.24) is 25.3 Å². The molecule has 4 aromatic rings. The molecular weight excluding hydrogens is 354 g/mol. The van der Waals surface area contributed by atoms with E-state index in [1.165, 1.54) is 0 Å². The van der Waals surface area contributed by atoms with Crippen LogP contribution in [0.5, 0.6) is 0 Å². The normalized spacial score (nSPS) is 14.0. The van der Waals surface area contributed by atoms with Crippen LogP contribution in [0.1, 0.15) is 57.8 Å². The van der Waals surface area contributed by atoms with E-state index in [1.807, 2.05) is 32.9 Å². The number of ketones is 1. The lowest BCUT2D eigenvalue weighted by Crippen LogP contribution is -2.07. The number of hydrogen-bond donors (Lipinski definition) is 1. The van der Waals surface area contributed by atoms with Crippen LogP contribution in [0, 0.1) is 20.8 Å². The summed E-state index contributed by atoms with van der Waals surface area (Å²) in [5.74, 6) is 1.92. The van der Waals surface area contributed by atoms with Gasteiger partial charge in [-0.2, -0.15) is 5.10 Å². The maximum absolute atomic E-state index is 13.3. The number of rotatable bonds is 4. The van der Waals surface area contributed by atoms with Gasteiger partial charge in [-0.05, 0) is 63.4 Å². The van der Waals surface area contributed by atoms with E-state index in [-0.39, 0.29) is 5.78 Å². The highest BCUT2D eigenvalue weighted by atomic mass is 16.5. The average molecular weight is 373 g/mol. The molecule has 3 heterocycles. The van der Waals surface area contributed by atoms with Crippen LogP contribution in [-0.2, 0) is 0 Å². The lowest BCUT2D eigenvalue weighted by atomic mass is 9.97. The van der Waals surface area contributed by atoms with Gasteiger partial charge in [-0.25, -0.2) is 4.98 Å². The Labute approximate surface area is 161 Å². The van der Waals surface area contributed by atoms with Crippen molar-refractivity contribution >= 4 is 16.8 Å². The zero-order chi connectivity index (χ0) is 19.4. The maximum atomic E-state index is 13.3. The second-order valence-corrected chi connectivity index (χ2v) is 7.40. The summed E-state index contributed by atoms with van der Waals surface area (Å²) >= 11 is 0. The molecule has 0 amide bonds. The number of hydrogen-bond acceptors (Lipinski definition) is 6. The molecule has 140 valence electrons. The zero-order valence-corrected chi connectivity index (χ0v) is 15.9. The number of aryl methyl sites for hydroxylation is 3. The number of carbonyl (C=O) groups is 1. The Morgan fingerprint density at radius 2 is 1.96 bits per heavy atom. The van der Waals surface area contributed by atoms with Gasteiger partial charge in [0.15, 0.2) is 0 Å². The molecule has 1 aromatic carbocycles. The molecule has 1 aliphatic rings. The standard InChI is InChI=1S/C21H19N5O2/c1-10-4-7-16(25-24-10)20(27)15-8-14(18-11(2)26-28-12(18)3)9-17-19(15)23-21(22-17)13-5-6-13/h4,7-9,13H,5-6H2,1-3H3,(H,22,23). The van der Waals surface area contributed by atoms with Gasteiger partial charge in [-0.1, -0.05) is 5.16 Å². The molecule has 0 unspecified atom stereocenters. The van der Waals surface area contributed by atoms with E-state index in [4.69, 9.17) is 9.51 Å². The van der Waals surface area contributed by atoms with E-state index in [2.05, 4.69) is 20.3 Å². The van der Waals surface area contributed by atoms with Crippen molar-refractivity contribution < 1.29 is 9.32 Å². The largest absolute Gasteiger partial charge is 0.361 e. The molecule has 0 spiro atoms. The van der Waals surface area contributed by atoms with Gasteiger partial charge in [-0.3, -0.25) is 4.79 Å². The Morgan fingerprint density at radius 3 is 2.61 bits per heavy atom. The first-order valence-electron chi connectivity index (χ1n) is 9.33. The summed E-state index contributed by atoms with van der Waals surface area (Å²) in [6.45, 7) is 5.60. The van der Waals surface area contributed by atoms with Crippen molar-refractivity contribution in [2.75, 3.05) is 0 Å². The minimum absolute atomic E-state index is 0.194. The van der Waals surface area contributed by atoms with Crippen LogP contribution in [0.2, 0.25) is 0 Å². The summed E-state index contributed by atoms with van der Waals surface area (Å²) < 4.78 is 5.33. The van der Waals surface area contributed by atoms with E-state index >= 15 is 0 Å². The highest BCUT2D eigenvalue weighted by Gasteiger charge is 2.28. The molecule has 1 saturated carbocycles. The quantitative estimate of drug-likeness (QED) is 0.542. The summed E-state index contributed by atoms with van der Waals surface area (Å²) in [5, 5.41) is 12.2. The summed E-state index contributed by atoms with van der Waals surface area (Å²) in [6.07, 6.45) is 2.26. The van der Waals surface area contributed by atoms with Gasteiger partial charge >= 0.3 is 0 Å². The second kappa shape index (κ2) is 6.09. The van der Waals surface area contributed by atoms with Crippen LogP contribution >= 0.6 is 0 Å². The molecular formula is C21H19N5O2. The molecule has 3 aromatic heterocycles. The van der Waals surface area contributed by atoms with Crippen LogP contribution in [0.15, 0.2) is 28.8 Å². The van der Waals surface area contributed by atoms with Crippen molar-refractivity contribution in [3.8, 4) is 11.1 Å². The van der Waals surface area contributed by atoms with Gasteiger partial charge in [0, 0.05) is 11.5 Å². The molecule has 0 atom stereocenters. The molecule has 28 heavy (non-hydrogen) atoms. The predicted octanol–water partition coefficient (Wildman–Crippen LogP) is 4.04. The van der Waals surface area contributed by atoms with Gasteiger partial charge in [0.2, 0.25) is 5.78 Å². The molecule has 7 heteroatoms. The van der Waals surface area contributed by atoms with E-state index in [1.54, 1.807) is 12.1 Å². The fourth-order valence-electron chi connectivity index (χ4n) is 3.56. The fourth-order valence-corrected chi connectivity index (χ4v) is 3.56. The molecule has 0 aliphatic heterocycles. The number of aromatic nitrogens is 5. The highest BCUT2D eigenvalue weighted by Crippen LogP contribution is 2.40. The van der Waals surface area contributed by atoms with Crippen LogP contribution in [0.25, 0.3) is 22.2 Å². The first-order valence-corrected chi connectivity index (χ1v) is 9.33. The predicted molar refractivity (Wildman–Crippen MR) is 103 cm³/mol.